The fourth-order valence-corrected chi connectivity index (χ4v) is 4.55. The largest absolute Gasteiger partial charge is 0.497 e. The zero-order chi connectivity index (χ0) is 14.7. The summed E-state index contributed by atoms with van der Waals surface area (Å²) in [5, 5.41) is 21.4. The highest BCUT2D eigenvalue weighted by molar-refractivity contribution is 5.46. The lowest BCUT2D eigenvalue weighted by Gasteiger charge is -2.42. The molecule has 0 radical (unpaired) electrons. The molecule has 2 saturated heterocycles. The van der Waals surface area contributed by atoms with E-state index in [0.29, 0.717) is 12.8 Å². The van der Waals surface area contributed by atoms with Gasteiger partial charge in [-0.05, 0) is 55.4 Å². The number of aliphatic hydroxyl groups is 1. The van der Waals surface area contributed by atoms with Gasteiger partial charge >= 0.3 is 0 Å². The second kappa shape index (κ2) is 4.22. The van der Waals surface area contributed by atoms with Gasteiger partial charge in [0.05, 0.1) is 25.4 Å². The first-order valence-corrected chi connectivity index (χ1v) is 7.59. The molecule has 4 unspecified atom stereocenters. The molecule has 3 aliphatic rings. The van der Waals surface area contributed by atoms with E-state index in [4.69, 9.17) is 9.47 Å². The third-order valence-corrected chi connectivity index (χ3v) is 5.66. The topological polar surface area (TPSA) is 62.5 Å². The summed E-state index contributed by atoms with van der Waals surface area (Å²) in [6, 6.07) is 8.27. The number of methoxy groups -OCH3 is 1. The van der Waals surface area contributed by atoms with E-state index in [0.717, 1.165) is 36.1 Å². The van der Waals surface area contributed by atoms with Crippen LogP contribution < -0.4 is 4.74 Å². The van der Waals surface area contributed by atoms with E-state index >= 15 is 0 Å². The minimum absolute atomic E-state index is 0.133. The highest BCUT2D eigenvalue weighted by Gasteiger charge is 2.65. The molecule has 2 heterocycles. The van der Waals surface area contributed by atoms with Gasteiger partial charge in [0.15, 0.2) is 0 Å². The van der Waals surface area contributed by atoms with Crippen LogP contribution in [0.25, 0.3) is 0 Å². The zero-order valence-electron chi connectivity index (χ0n) is 12.1. The standard InChI is InChI=1S/C17H19NO3/c1-20-12-3-2-11-6-7-17(19,14(11)8-12)16(10-18)9-13-4-5-15(16)21-13/h2-3,8,13,15,19H,4-7,9H2,1H3. The lowest BCUT2D eigenvalue weighted by molar-refractivity contribution is -0.0898. The van der Waals surface area contributed by atoms with Crippen LogP contribution in [-0.2, 0) is 16.8 Å². The van der Waals surface area contributed by atoms with Gasteiger partial charge in [-0.3, -0.25) is 0 Å². The van der Waals surface area contributed by atoms with Gasteiger partial charge in [0.1, 0.15) is 16.8 Å². The third kappa shape index (κ3) is 1.51. The number of nitriles is 1. The summed E-state index contributed by atoms with van der Waals surface area (Å²) in [6.07, 6.45) is 3.91. The molecule has 1 aromatic carbocycles. The SMILES string of the molecule is COc1ccc2c(c1)C(O)(C1(C#N)CC3CCC1O3)CC2. The number of hydrogen-bond donors (Lipinski definition) is 1. The average Bonchev–Trinajstić information content (AvgIpc) is 3.21. The lowest BCUT2D eigenvalue weighted by Crippen LogP contribution is -2.49. The predicted molar refractivity (Wildman–Crippen MR) is 75.8 cm³/mol. The Balaban J connectivity index is 1.85. The van der Waals surface area contributed by atoms with E-state index < -0.39 is 11.0 Å². The molecule has 0 amide bonds. The number of fused-ring (bicyclic) bond motifs is 3. The van der Waals surface area contributed by atoms with Crippen molar-refractivity contribution < 1.29 is 14.6 Å². The van der Waals surface area contributed by atoms with Gasteiger partial charge in [0, 0.05) is 0 Å². The van der Waals surface area contributed by atoms with E-state index in [9.17, 15) is 10.4 Å². The van der Waals surface area contributed by atoms with Crippen LogP contribution >= 0.6 is 0 Å². The van der Waals surface area contributed by atoms with Crippen molar-refractivity contribution in [3.8, 4) is 11.8 Å². The number of aryl methyl sites for hydroxylation is 1. The molecule has 1 N–H and O–H groups in total. The molecule has 4 nitrogen and oxygen atoms in total. The molecule has 0 spiro atoms. The molecule has 4 atom stereocenters. The van der Waals surface area contributed by atoms with Gasteiger partial charge in [-0.25, -0.2) is 0 Å². The molecule has 21 heavy (non-hydrogen) atoms. The van der Waals surface area contributed by atoms with Crippen molar-refractivity contribution >= 4 is 0 Å². The Kier molecular flexibility index (Phi) is 2.64. The summed E-state index contributed by atoms with van der Waals surface area (Å²) < 4.78 is 11.2. The molecule has 1 aliphatic carbocycles. The molecule has 4 heteroatoms. The number of hydrogen-bond acceptors (Lipinski definition) is 4. The van der Waals surface area contributed by atoms with E-state index in [2.05, 4.69) is 6.07 Å². The van der Waals surface area contributed by atoms with Crippen LogP contribution in [-0.4, -0.2) is 24.4 Å². The normalized spacial score (nSPS) is 40.0. The maximum atomic E-state index is 11.5. The maximum Gasteiger partial charge on any atom is 0.119 e. The van der Waals surface area contributed by atoms with Gasteiger partial charge in [0.25, 0.3) is 0 Å². The summed E-state index contributed by atoms with van der Waals surface area (Å²) in [5.41, 5.74) is 0.0502. The Labute approximate surface area is 124 Å². The van der Waals surface area contributed by atoms with Crippen LogP contribution in [0.2, 0.25) is 0 Å². The van der Waals surface area contributed by atoms with Crippen molar-refractivity contribution in [1.82, 2.24) is 0 Å². The quantitative estimate of drug-likeness (QED) is 0.905. The minimum atomic E-state index is -1.12. The lowest BCUT2D eigenvalue weighted by atomic mass is 9.62. The Morgan fingerprint density at radius 3 is 2.90 bits per heavy atom. The van der Waals surface area contributed by atoms with Crippen LogP contribution in [0.1, 0.15) is 36.8 Å². The molecule has 4 rings (SSSR count). The van der Waals surface area contributed by atoms with Crippen LogP contribution in [0, 0.1) is 16.7 Å². The molecule has 110 valence electrons. The molecule has 0 aromatic heterocycles. The maximum absolute atomic E-state index is 11.5. The van der Waals surface area contributed by atoms with Crippen molar-refractivity contribution in [1.29, 1.82) is 5.26 Å². The van der Waals surface area contributed by atoms with E-state index in [1.165, 1.54) is 0 Å². The second-order valence-electron chi connectivity index (χ2n) is 6.49. The first-order chi connectivity index (χ1) is 10.1. The van der Waals surface area contributed by atoms with Gasteiger partial charge in [0.2, 0.25) is 0 Å². The Hall–Kier alpha value is -1.57. The highest BCUT2D eigenvalue weighted by atomic mass is 16.5. The molecular weight excluding hydrogens is 266 g/mol. The number of ether oxygens (including phenoxy) is 2. The fourth-order valence-electron chi connectivity index (χ4n) is 4.55. The summed E-state index contributed by atoms with van der Waals surface area (Å²) in [4.78, 5) is 0. The van der Waals surface area contributed by atoms with Crippen LogP contribution in [0.4, 0.5) is 0 Å². The van der Waals surface area contributed by atoms with Crippen molar-refractivity contribution in [3.05, 3.63) is 29.3 Å². The first-order valence-electron chi connectivity index (χ1n) is 7.59. The number of rotatable bonds is 2. The van der Waals surface area contributed by atoms with Crippen molar-refractivity contribution in [2.45, 2.75) is 49.9 Å². The van der Waals surface area contributed by atoms with Crippen molar-refractivity contribution in [2.24, 2.45) is 5.41 Å². The summed E-state index contributed by atoms with van der Waals surface area (Å²) in [7, 11) is 1.62. The van der Waals surface area contributed by atoms with Gasteiger partial charge in [-0.15, -0.1) is 0 Å². The van der Waals surface area contributed by atoms with Gasteiger partial charge < -0.3 is 14.6 Å². The van der Waals surface area contributed by atoms with Crippen LogP contribution in [0.5, 0.6) is 5.75 Å². The fraction of sp³-hybridized carbons (Fsp3) is 0.588. The van der Waals surface area contributed by atoms with Crippen LogP contribution in [0.3, 0.4) is 0 Å². The van der Waals surface area contributed by atoms with E-state index in [-0.39, 0.29) is 12.2 Å². The summed E-state index contributed by atoms with van der Waals surface area (Å²) >= 11 is 0. The van der Waals surface area contributed by atoms with Crippen LogP contribution in [0.15, 0.2) is 18.2 Å². The molecule has 0 saturated carbocycles. The number of nitrogens with zero attached hydrogens (tertiary/aromatic N) is 1. The highest BCUT2D eigenvalue weighted by Crippen LogP contribution is 2.60. The van der Waals surface area contributed by atoms with Crippen molar-refractivity contribution in [3.63, 3.8) is 0 Å². The van der Waals surface area contributed by atoms with E-state index in [1.54, 1.807) is 7.11 Å². The Morgan fingerprint density at radius 1 is 1.43 bits per heavy atom. The average molecular weight is 285 g/mol. The monoisotopic (exact) mass is 285 g/mol. The molecule has 2 fully saturated rings. The predicted octanol–water partition coefficient (Wildman–Crippen LogP) is 2.29. The van der Waals surface area contributed by atoms with Gasteiger partial charge in [-0.1, -0.05) is 6.07 Å². The molecule has 2 aliphatic heterocycles. The summed E-state index contributed by atoms with van der Waals surface area (Å²) in [6.45, 7) is 0. The Bertz CT molecular complexity index is 637. The minimum Gasteiger partial charge on any atom is -0.497 e. The zero-order valence-corrected chi connectivity index (χ0v) is 12.1. The van der Waals surface area contributed by atoms with E-state index in [1.807, 2.05) is 18.2 Å². The van der Waals surface area contributed by atoms with Crippen molar-refractivity contribution in [2.75, 3.05) is 7.11 Å². The smallest absolute Gasteiger partial charge is 0.119 e. The number of benzene rings is 1. The second-order valence-corrected chi connectivity index (χ2v) is 6.49. The molecular formula is C17H19NO3. The Morgan fingerprint density at radius 2 is 2.29 bits per heavy atom. The summed E-state index contributed by atoms with van der Waals surface area (Å²) in [5.74, 6) is 0.728. The molecule has 1 aromatic rings. The van der Waals surface area contributed by atoms with Gasteiger partial charge in [-0.2, -0.15) is 5.26 Å². The third-order valence-electron chi connectivity index (χ3n) is 5.66. The molecule has 2 bridgehead atoms. The first kappa shape index (κ1) is 13.1.